The van der Waals surface area contributed by atoms with E-state index in [0.717, 1.165) is 32.1 Å². The predicted molar refractivity (Wildman–Crippen MR) is 136 cm³/mol. The maximum Gasteiger partial charge on any atom is 1.00 e. The number of hydrogen-bond acceptors (Lipinski definition) is 14. The first-order valence-electron chi connectivity index (χ1n) is 11.1. The molecule has 10 N–H and O–H groups in total. The zero-order valence-corrected chi connectivity index (χ0v) is 29.1. The number of guanidine groups is 1. The number of aliphatic carboxylic acids is 2. The molecule has 0 aliphatic heterocycles. The summed E-state index contributed by atoms with van der Waals surface area (Å²) in [6.45, 7) is 3.22. The van der Waals surface area contributed by atoms with Gasteiger partial charge in [0.05, 0.1) is 24.0 Å². The molecular weight excluding hydrogens is 624 g/mol. The third-order valence-electron chi connectivity index (χ3n) is 4.79. The molecule has 2 amide bonds. The van der Waals surface area contributed by atoms with Gasteiger partial charge in [0, 0.05) is 11.9 Å². The van der Waals surface area contributed by atoms with E-state index in [-0.39, 0.29) is 95.3 Å². The van der Waals surface area contributed by atoms with E-state index in [1.54, 1.807) is 4.72 Å². The number of nitrogens with zero attached hydrogens (tertiary/aromatic N) is 3. The number of carboxylic acids is 2. The first-order valence-corrected chi connectivity index (χ1v) is 13.5. The number of amides is 2. The molecule has 1 aromatic rings. The Bertz CT molecular complexity index is 1270. The Kier molecular flexibility index (Phi) is 18.6. The summed E-state index contributed by atoms with van der Waals surface area (Å²) >= 11 is 0.872. The van der Waals surface area contributed by atoms with Crippen molar-refractivity contribution in [2.45, 2.75) is 57.3 Å². The van der Waals surface area contributed by atoms with E-state index in [9.17, 15) is 42.4 Å². The van der Waals surface area contributed by atoms with Gasteiger partial charge >= 0.3 is 69.4 Å². The summed E-state index contributed by atoms with van der Waals surface area (Å²) < 4.78 is 33.6. The van der Waals surface area contributed by atoms with Gasteiger partial charge in [0.2, 0.25) is 5.91 Å². The van der Waals surface area contributed by atoms with Crippen molar-refractivity contribution in [1.82, 2.24) is 20.3 Å². The molecule has 0 aliphatic carbocycles. The number of aromatic nitrogens is 1. The third-order valence-corrected chi connectivity index (χ3v) is 6.13. The number of nitrogens with one attached hydrogen (secondary N) is 3. The van der Waals surface area contributed by atoms with E-state index in [1.165, 1.54) is 5.38 Å². The average Bonchev–Trinajstić information content (AvgIpc) is 3.23. The molecule has 0 unspecified atom stereocenters. The normalized spacial score (nSPS) is 13.7. The van der Waals surface area contributed by atoms with Crippen molar-refractivity contribution in [2.75, 3.05) is 12.3 Å². The molecule has 23 heteroatoms. The summed E-state index contributed by atoms with van der Waals surface area (Å²) in [4.78, 5) is 61.5. The van der Waals surface area contributed by atoms with Crippen LogP contribution in [0.2, 0.25) is 0 Å². The van der Waals surface area contributed by atoms with Crippen molar-refractivity contribution in [3.05, 3.63) is 11.1 Å². The Morgan fingerprint density at radius 1 is 1.19 bits per heavy atom. The fourth-order valence-electron chi connectivity index (χ4n) is 2.74. The van der Waals surface area contributed by atoms with Crippen molar-refractivity contribution >= 4 is 62.2 Å². The number of hydrogen-bond donors (Lipinski definition) is 7. The summed E-state index contributed by atoms with van der Waals surface area (Å²) in [7, 11) is -4.92. The van der Waals surface area contributed by atoms with Crippen LogP contribution in [0.4, 0.5) is 5.13 Å². The molecule has 0 radical (unpaired) electrons. The molecule has 1 aromatic heterocycles. The largest absolute Gasteiger partial charge is 1.00 e. The molecule has 0 aliphatic rings. The van der Waals surface area contributed by atoms with E-state index < -0.39 is 63.5 Å². The number of anilines is 1. The molecule has 0 fully saturated rings. The number of nitrogens with two attached hydrogens (primary N) is 3. The molecule has 42 heavy (non-hydrogen) atoms. The van der Waals surface area contributed by atoms with Gasteiger partial charge in [0.15, 0.2) is 22.4 Å². The SMILES string of the molecule is C[C@H](NS(=O)(=O)O)[C@H](NC(=O)/C(=N\OC(C)(C)C(=O)[O-])c1csc(N)n1)C(=O)N[C@@H](CCCN=C(N)N)C(=O)[O-].[Na+].[Na+]. The van der Waals surface area contributed by atoms with Gasteiger partial charge in [-0.05, 0) is 33.6 Å². The summed E-state index contributed by atoms with van der Waals surface area (Å²) in [6, 6.07) is -5.09. The van der Waals surface area contributed by atoms with Gasteiger partial charge in [-0.25, -0.2) is 4.98 Å². The van der Waals surface area contributed by atoms with Crippen LogP contribution in [0.5, 0.6) is 0 Å². The first kappa shape index (κ1) is 42.1. The smallest absolute Gasteiger partial charge is 0.548 e. The van der Waals surface area contributed by atoms with Gasteiger partial charge in [0.25, 0.3) is 5.91 Å². The molecule has 1 heterocycles. The van der Waals surface area contributed by atoms with Gasteiger partial charge in [-0.15, -0.1) is 11.3 Å². The maximum absolute atomic E-state index is 13.2. The van der Waals surface area contributed by atoms with Crippen LogP contribution in [0, 0.1) is 0 Å². The Labute approximate surface area is 288 Å². The Morgan fingerprint density at radius 3 is 2.24 bits per heavy atom. The van der Waals surface area contributed by atoms with E-state index in [4.69, 9.17) is 22.0 Å². The van der Waals surface area contributed by atoms with E-state index in [1.807, 2.05) is 0 Å². The van der Waals surface area contributed by atoms with Crippen LogP contribution in [0.15, 0.2) is 15.5 Å². The van der Waals surface area contributed by atoms with Gasteiger partial charge in [-0.3, -0.25) is 19.1 Å². The number of carboxylic acid groups (broad SMARTS) is 2. The minimum absolute atomic E-state index is 0. The van der Waals surface area contributed by atoms with Crippen molar-refractivity contribution < 1.29 is 106 Å². The molecule has 0 bridgehead atoms. The monoisotopic (exact) mass is 653 g/mol. The summed E-state index contributed by atoms with van der Waals surface area (Å²) in [6.07, 6.45) is -0.136. The van der Waals surface area contributed by atoms with Crippen molar-refractivity contribution in [1.29, 1.82) is 0 Å². The van der Waals surface area contributed by atoms with Crippen molar-refractivity contribution in [3.8, 4) is 0 Å². The van der Waals surface area contributed by atoms with E-state index in [0.29, 0.717) is 0 Å². The van der Waals surface area contributed by atoms with Gasteiger partial charge in [-0.2, -0.15) is 13.1 Å². The number of aliphatic imine (C=N–C) groups is 1. The van der Waals surface area contributed by atoms with Crippen molar-refractivity contribution in [3.63, 3.8) is 0 Å². The zero-order chi connectivity index (χ0) is 30.8. The number of oxime groups is 1. The minimum Gasteiger partial charge on any atom is -0.548 e. The van der Waals surface area contributed by atoms with Gasteiger partial charge < -0.3 is 52.5 Å². The summed E-state index contributed by atoms with van der Waals surface area (Å²) in [5.74, 6) is -6.11. The number of nitrogen functional groups attached to an aromatic ring is 1. The second-order valence-corrected chi connectivity index (χ2v) is 10.6. The average molecular weight is 654 g/mol. The van der Waals surface area contributed by atoms with E-state index in [2.05, 4.69) is 25.8 Å². The van der Waals surface area contributed by atoms with Crippen LogP contribution in [-0.4, -0.2) is 83.7 Å². The van der Waals surface area contributed by atoms with Crippen LogP contribution in [0.25, 0.3) is 0 Å². The maximum atomic E-state index is 13.2. The fraction of sp³-hybridized carbons (Fsp3) is 0.526. The second kappa shape index (κ2) is 18.6. The molecule has 0 saturated heterocycles. The summed E-state index contributed by atoms with van der Waals surface area (Å²) in [5, 5.41) is 31.8. The molecule has 0 spiro atoms. The molecular formula is C19H29N9Na2O10S2. The Balaban J connectivity index is 0. The quantitative estimate of drug-likeness (QED) is 0.0218. The van der Waals surface area contributed by atoms with Crippen molar-refractivity contribution in [2.24, 2.45) is 21.6 Å². The topological polar surface area (TPSA) is 330 Å². The Hall–Kier alpha value is -2.08. The predicted octanol–water partition coefficient (Wildman–Crippen LogP) is -11.5. The molecule has 1 rings (SSSR count). The first-order chi connectivity index (χ1) is 18.3. The molecule has 224 valence electrons. The van der Waals surface area contributed by atoms with Crippen LogP contribution < -0.4 is 102 Å². The van der Waals surface area contributed by atoms with E-state index >= 15 is 0 Å². The third kappa shape index (κ3) is 14.9. The molecule has 0 saturated carbocycles. The molecule has 19 nitrogen and oxygen atoms in total. The summed E-state index contributed by atoms with van der Waals surface area (Å²) in [5.41, 5.74) is 13.1. The van der Waals surface area contributed by atoms with Gasteiger partial charge in [0.1, 0.15) is 11.7 Å². The minimum atomic E-state index is -4.92. The van der Waals surface area contributed by atoms with Crippen LogP contribution in [-0.2, 0) is 34.3 Å². The van der Waals surface area contributed by atoms with Crippen LogP contribution in [0.1, 0.15) is 39.3 Å². The van der Waals surface area contributed by atoms with Crippen LogP contribution >= 0.6 is 11.3 Å². The van der Waals surface area contributed by atoms with Crippen LogP contribution in [0.3, 0.4) is 0 Å². The number of thiazole rings is 1. The molecule has 0 aromatic carbocycles. The standard InChI is InChI=1S/C19H31N9O10S2.2Na/c1-8(28-40(35,36)37)11(13(29)24-9(15(31)32)5-4-6-23-17(20)21)26-14(30)12(10-7-39-18(22)25-10)27-38-19(2,3)16(33)34;;/h7-9,11,28H,4-6H2,1-3H3,(H2,22,25)(H,24,29)(H,26,30)(H,31,32)(H,33,34)(H4,20,21,23)(H,35,36,37);;/q;2*+1/p-2/b27-12-;;/t8-,9-,11-;;/m0../s1. The number of rotatable bonds is 16. The number of carbonyl (C=O) groups is 4. The second-order valence-electron chi connectivity index (χ2n) is 8.56. The van der Waals surface area contributed by atoms with Gasteiger partial charge in [-0.1, -0.05) is 5.16 Å². The number of carbonyl (C=O) groups excluding carboxylic acids is 4. The zero-order valence-electron chi connectivity index (χ0n) is 23.4. The Morgan fingerprint density at radius 2 is 1.79 bits per heavy atom. The molecule has 3 atom stereocenters. The fourth-order valence-corrected chi connectivity index (χ4v) is 3.90.